The Hall–Kier alpha value is -3.02. The highest BCUT2D eigenvalue weighted by Gasteiger charge is 2.21. The molecule has 0 bridgehead atoms. The molecule has 0 spiro atoms. The minimum atomic E-state index is -0.514. The van der Waals surface area contributed by atoms with Crippen molar-refractivity contribution in [1.29, 1.82) is 0 Å². The van der Waals surface area contributed by atoms with Crippen LogP contribution in [0.15, 0.2) is 48.5 Å². The van der Waals surface area contributed by atoms with Crippen molar-refractivity contribution in [3.8, 4) is 11.5 Å². The first-order valence-electron chi connectivity index (χ1n) is 8.01. The van der Waals surface area contributed by atoms with Gasteiger partial charge >= 0.3 is 5.97 Å². The Bertz CT molecular complexity index is 774. The summed E-state index contributed by atoms with van der Waals surface area (Å²) >= 11 is 0. The molecule has 2 aromatic rings. The molecule has 6 nitrogen and oxygen atoms in total. The molecule has 0 aliphatic carbocycles. The van der Waals surface area contributed by atoms with Crippen LogP contribution in [-0.4, -0.2) is 37.7 Å². The van der Waals surface area contributed by atoms with Gasteiger partial charge in [0.25, 0.3) is 5.91 Å². The van der Waals surface area contributed by atoms with Crippen LogP contribution in [0.4, 0.5) is 0 Å². The van der Waals surface area contributed by atoms with E-state index in [1.807, 2.05) is 43.3 Å². The van der Waals surface area contributed by atoms with E-state index >= 15 is 0 Å². The zero-order valence-corrected chi connectivity index (χ0v) is 13.9. The Morgan fingerprint density at radius 2 is 1.84 bits per heavy atom. The fourth-order valence-corrected chi connectivity index (χ4v) is 2.45. The highest BCUT2D eigenvalue weighted by atomic mass is 16.6. The lowest BCUT2D eigenvalue weighted by atomic mass is 10.1. The summed E-state index contributed by atoms with van der Waals surface area (Å²) in [5.41, 5.74) is 1.26. The van der Waals surface area contributed by atoms with E-state index in [0.717, 1.165) is 5.56 Å². The van der Waals surface area contributed by atoms with E-state index in [1.165, 1.54) is 0 Å². The predicted molar refractivity (Wildman–Crippen MR) is 90.8 cm³/mol. The third kappa shape index (κ3) is 4.29. The maximum Gasteiger partial charge on any atom is 0.338 e. The third-order valence-electron chi connectivity index (χ3n) is 3.79. The molecule has 2 aromatic carbocycles. The molecule has 0 unspecified atom stereocenters. The minimum Gasteiger partial charge on any atom is -0.486 e. The highest BCUT2D eigenvalue weighted by molar-refractivity contribution is 5.92. The Kier molecular flexibility index (Phi) is 5.18. The smallest absolute Gasteiger partial charge is 0.338 e. The van der Waals surface area contributed by atoms with Gasteiger partial charge in [-0.3, -0.25) is 4.79 Å². The lowest BCUT2D eigenvalue weighted by Gasteiger charge is -2.26. The Morgan fingerprint density at radius 3 is 2.64 bits per heavy atom. The van der Waals surface area contributed by atoms with Crippen LogP contribution in [0, 0.1) is 6.92 Å². The van der Waals surface area contributed by atoms with Crippen molar-refractivity contribution in [2.45, 2.75) is 13.0 Å². The number of carbonyl (C=O) groups excluding carboxylic acids is 2. The van der Waals surface area contributed by atoms with Crippen LogP contribution in [0.3, 0.4) is 0 Å². The van der Waals surface area contributed by atoms with Gasteiger partial charge in [0.2, 0.25) is 0 Å². The normalized spacial score (nSPS) is 15.3. The number of amides is 1. The molecule has 1 heterocycles. The second kappa shape index (κ2) is 7.70. The molecular formula is C19H19NO5. The number of fused-ring (bicyclic) bond motifs is 1. The summed E-state index contributed by atoms with van der Waals surface area (Å²) < 4.78 is 16.4. The average Bonchev–Trinajstić information content (AvgIpc) is 2.64. The number of benzene rings is 2. The van der Waals surface area contributed by atoms with Crippen molar-refractivity contribution in [3.05, 3.63) is 59.7 Å². The van der Waals surface area contributed by atoms with Gasteiger partial charge in [0, 0.05) is 0 Å². The van der Waals surface area contributed by atoms with Gasteiger partial charge in [-0.25, -0.2) is 4.79 Å². The molecule has 0 radical (unpaired) electrons. The highest BCUT2D eigenvalue weighted by Crippen LogP contribution is 2.30. The largest absolute Gasteiger partial charge is 0.486 e. The summed E-state index contributed by atoms with van der Waals surface area (Å²) in [5, 5.41) is 2.68. The fraction of sp³-hybridized carbons (Fsp3) is 0.263. The summed E-state index contributed by atoms with van der Waals surface area (Å²) in [5.74, 6) is 0.444. The van der Waals surface area contributed by atoms with E-state index in [9.17, 15) is 9.59 Å². The van der Waals surface area contributed by atoms with Crippen LogP contribution in [-0.2, 0) is 9.53 Å². The van der Waals surface area contributed by atoms with E-state index in [4.69, 9.17) is 14.2 Å². The first kappa shape index (κ1) is 16.8. The first-order chi connectivity index (χ1) is 12.1. The fourth-order valence-electron chi connectivity index (χ4n) is 2.45. The number of rotatable bonds is 5. The molecule has 0 fully saturated rings. The van der Waals surface area contributed by atoms with E-state index in [0.29, 0.717) is 23.7 Å². The zero-order chi connectivity index (χ0) is 17.6. The van der Waals surface area contributed by atoms with Crippen LogP contribution in [0.1, 0.15) is 15.9 Å². The number of esters is 1. The molecule has 6 heteroatoms. The van der Waals surface area contributed by atoms with Crippen molar-refractivity contribution in [2.24, 2.45) is 0 Å². The molecule has 1 aliphatic rings. The predicted octanol–water partition coefficient (Wildman–Crippen LogP) is 2.11. The molecular weight excluding hydrogens is 322 g/mol. The zero-order valence-electron chi connectivity index (χ0n) is 13.9. The van der Waals surface area contributed by atoms with E-state index in [-0.39, 0.29) is 25.2 Å². The van der Waals surface area contributed by atoms with Crippen LogP contribution in [0.5, 0.6) is 11.5 Å². The molecule has 1 atom stereocenters. The summed E-state index contributed by atoms with van der Waals surface area (Å²) in [4.78, 5) is 23.8. The van der Waals surface area contributed by atoms with Crippen LogP contribution >= 0.6 is 0 Å². The second-order valence-electron chi connectivity index (χ2n) is 5.69. The monoisotopic (exact) mass is 341 g/mol. The number of hydrogen-bond donors (Lipinski definition) is 1. The standard InChI is InChI=1S/C19H19NO5/c1-13-6-2-3-7-15(13)19(22)24-12-18(21)20-10-14-11-23-16-8-4-5-9-17(16)25-14/h2-9,14H,10-12H2,1H3,(H,20,21)/t14-/m1/s1. The van der Waals surface area contributed by atoms with Crippen molar-refractivity contribution in [3.63, 3.8) is 0 Å². The molecule has 0 saturated carbocycles. The van der Waals surface area contributed by atoms with Crippen LogP contribution in [0.2, 0.25) is 0 Å². The molecule has 1 aliphatic heterocycles. The number of para-hydroxylation sites is 2. The van der Waals surface area contributed by atoms with Crippen molar-refractivity contribution in [1.82, 2.24) is 5.32 Å². The molecule has 1 N–H and O–H groups in total. The van der Waals surface area contributed by atoms with Crippen LogP contribution < -0.4 is 14.8 Å². The van der Waals surface area contributed by atoms with Gasteiger partial charge in [-0.1, -0.05) is 30.3 Å². The number of nitrogens with one attached hydrogen (secondary N) is 1. The van der Waals surface area contributed by atoms with Gasteiger partial charge in [0.1, 0.15) is 12.7 Å². The lowest BCUT2D eigenvalue weighted by Crippen LogP contribution is -2.42. The van der Waals surface area contributed by atoms with Gasteiger partial charge in [-0.15, -0.1) is 0 Å². The Morgan fingerprint density at radius 1 is 1.12 bits per heavy atom. The molecule has 0 saturated heterocycles. The number of ether oxygens (including phenoxy) is 3. The SMILES string of the molecule is Cc1ccccc1C(=O)OCC(=O)NC[C@@H]1COc2ccccc2O1. The van der Waals surface area contributed by atoms with Gasteiger partial charge in [-0.05, 0) is 30.7 Å². The third-order valence-corrected chi connectivity index (χ3v) is 3.79. The molecule has 3 rings (SSSR count). The minimum absolute atomic E-state index is 0.273. The summed E-state index contributed by atoms with van der Waals surface area (Å²) in [7, 11) is 0. The Balaban J connectivity index is 1.43. The first-order valence-corrected chi connectivity index (χ1v) is 8.01. The van der Waals surface area contributed by atoms with Gasteiger partial charge < -0.3 is 19.5 Å². The number of aryl methyl sites for hydroxylation is 1. The van der Waals surface area contributed by atoms with Crippen molar-refractivity contribution < 1.29 is 23.8 Å². The maximum atomic E-state index is 12.0. The van der Waals surface area contributed by atoms with Gasteiger partial charge in [-0.2, -0.15) is 0 Å². The second-order valence-corrected chi connectivity index (χ2v) is 5.69. The number of carbonyl (C=O) groups is 2. The summed E-state index contributed by atoms with van der Waals surface area (Å²) in [6.07, 6.45) is -0.286. The van der Waals surface area contributed by atoms with E-state index in [1.54, 1.807) is 12.1 Å². The van der Waals surface area contributed by atoms with E-state index in [2.05, 4.69) is 5.32 Å². The van der Waals surface area contributed by atoms with Crippen molar-refractivity contribution in [2.75, 3.05) is 19.8 Å². The summed E-state index contributed by atoms with van der Waals surface area (Å²) in [6, 6.07) is 14.4. The maximum absolute atomic E-state index is 12.0. The van der Waals surface area contributed by atoms with Gasteiger partial charge in [0.05, 0.1) is 12.1 Å². The van der Waals surface area contributed by atoms with Crippen molar-refractivity contribution >= 4 is 11.9 Å². The van der Waals surface area contributed by atoms with E-state index < -0.39 is 5.97 Å². The molecule has 0 aromatic heterocycles. The van der Waals surface area contributed by atoms with Gasteiger partial charge in [0.15, 0.2) is 18.1 Å². The molecule has 25 heavy (non-hydrogen) atoms. The lowest BCUT2D eigenvalue weighted by molar-refractivity contribution is -0.124. The number of hydrogen-bond acceptors (Lipinski definition) is 5. The molecule has 130 valence electrons. The quantitative estimate of drug-likeness (QED) is 0.843. The topological polar surface area (TPSA) is 73.9 Å². The van der Waals surface area contributed by atoms with Crippen LogP contribution in [0.25, 0.3) is 0 Å². The summed E-state index contributed by atoms with van der Waals surface area (Å²) in [6.45, 7) is 2.10. The Labute approximate surface area is 145 Å². The average molecular weight is 341 g/mol. The molecule has 1 amide bonds.